The Morgan fingerprint density at radius 2 is 1.69 bits per heavy atom. The SMILES string of the molecule is O=S(=O)(NCC1(c2cccc(F)c2)CCOCC1)c1cc(F)ccc1F. The van der Waals surface area contributed by atoms with Crippen LogP contribution in [0.25, 0.3) is 0 Å². The van der Waals surface area contributed by atoms with Gasteiger partial charge in [0.15, 0.2) is 0 Å². The molecule has 26 heavy (non-hydrogen) atoms. The van der Waals surface area contributed by atoms with E-state index in [1.54, 1.807) is 12.1 Å². The van der Waals surface area contributed by atoms with Gasteiger partial charge in [0.1, 0.15) is 22.3 Å². The molecule has 0 saturated carbocycles. The highest BCUT2D eigenvalue weighted by atomic mass is 32.2. The number of benzene rings is 2. The lowest BCUT2D eigenvalue weighted by Crippen LogP contribution is -2.44. The topological polar surface area (TPSA) is 55.4 Å². The third kappa shape index (κ3) is 3.92. The third-order valence-electron chi connectivity index (χ3n) is 4.67. The molecule has 0 atom stereocenters. The van der Waals surface area contributed by atoms with E-state index in [-0.39, 0.29) is 6.54 Å². The second-order valence-corrected chi connectivity index (χ2v) is 8.04. The van der Waals surface area contributed by atoms with Gasteiger partial charge in [0, 0.05) is 25.2 Å². The number of rotatable bonds is 5. The zero-order valence-electron chi connectivity index (χ0n) is 13.8. The van der Waals surface area contributed by atoms with Crippen molar-refractivity contribution in [1.82, 2.24) is 4.72 Å². The molecule has 1 heterocycles. The molecule has 0 radical (unpaired) electrons. The summed E-state index contributed by atoms with van der Waals surface area (Å²) in [5, 5.41) is 0. The Bertz CT molecular complexity index is 896. The lowest BCUT2D eigenvalue weighted by atomic mass is 9.74. The van der Waals surface area contributed by atoms with Crippen molar-refractivity contribution in [1.29, 1.82) is 0 Å². The molecule has 0 aliphatic carbocycles. The quantitative estimate of drug-likeness (QED) is 0.860. The number of ether oxygens (including phenoxy) is 1. The molecule has 0 unspecified atom stereocenters. The number of nitrogens with one attached hydrogen (secondary N) is 1. The second-order valence-electron chi connectivity index (χ2n) is 6.30. The largest absolute Gasteiger partial charge is 0.381 e. The van der Waals surface area contributed by atoms with Gasteiger partial charge in [0.25, 0.3) is 0 Å². The molecular formula is C18H18F3NO3S. The summed E-state index contributed by atoms with van der Waals surface area (Å²) in [6.07, 6.45) is 0.954. The van der Waals surface area contributed by atoms with Gasteiger partial charge in [-0.15, -0.1) is 0 Å². The zero-order valence-corrected chi connectivity index (χ0v) is 14.7. The van der Waals surface area contributed by atoms with Crippen LogP contribution in [0, 0.1) is 17.5 Å². The third-order valence-corrected chi connectivity index (χ3v) is 6.09. The van der Waals surface area contributed by atoms with E-state index in [2.05, 4.69) is 4.72 Å². The van der Waals surface area contributed by atoms with Gasteiger partial charge in [-0.3, -0.25) is 0 Å². The van der Waals surface area contributed by atoms with Crippen molar-refractivity contribution < 1.29 is 26.3 Å². The maximum absolute atomic E-state index is 13.8. The molecule has 1 fully saturated rings. The van der Waals surface area contributed by atoms with E-state index in [4.69, 9.17) is 4.74 Å². The maximum Gasteiger partial charge on any atom is 0.243 e. The van der Waals surface area contributed by atoms with E-state index >= 15 is 0 Å². The Morgan fingerprint density at radius 1 is 1.00 bits per heavy atom. The average molecular weight is 385 g/mol. The van der Waals surface area contributed by atoms with Crippen LogP contribution in [-0.4, -0.2) is 28.2 Å². The molecule has 1 aliphatic rings. The van der Waals surface area contributed by atoms with Gasteiger partial charge in [-0.2, -0.15) is 0 Å². The van der Waals surface area contributed by atoms with Gasteiger partial charge in [-0.1, -0.05) is 12.1 Å². The highest BCUT2D eigenvalue weighted by molar-refractivity contribution is 7.89. The van der Waals surface area contributed by atoms with Gasteiger partial charge >= 0.3 is 0 Å². The summed E-state index contributed by atoms with van der Waals surface area (Å²) in [4.78, 5) is -0.751. The van der Waals surface area contributed by atoms with Crippen LogP contribution in [0.4, 0.5) is 13.2 Å². The molecule has 1 aliphatic heterocycles. The van der Waals surface area contributed by atoms with Crippen LogP contribution in [0.2, 0.25) is 0 Å². The van der Waals surface area contributed by atoms with Crippen molar-refractivity contribution in [3.05, 3.63) is 65.5 Å². The van der Waals surface area contributed by atoms with Crippen LogP contribution in [0.3, 0.4) is 0 Å². The molecule has 0 amide bonds. The molecule has 0 bridgehead atoms. The Labute approximate surface area is 150 Å². The molecule has 8 heteroatoms. The summed E-state index contributed by atoms with van der Waals surface area (Å²) >= 11 is 0. The fourth-order valence-corrected chi connectivity index (χ4v) is 4.36. The van der Waals surface area contributed by atoms with Gasteiger partial charge in [-0.05, 0) is 48.7 Å². The number of hydrogen-bond donors (Lipinski definition) is 1. The number of sulfonamides is 1. The zero-order chi connectivity index (χ0) is 18.8. The highest BCUT2D eigenvalue weighted by Crippen LogP contribution is 2.35. The summed E-state index contributed by atoms with van der Waals surface area (Å²) in [6.45, 7) is 0.719. The molecular weight excluding hydrogens is 367 g/mol. The summed E-state index contributed by atoms with van der Waals surface area (Å²) in [6, 6.07) is 8.21. The van der Waals surface area contributed by atoms with Crippen LogP contribution in [0.15, 0.2) is 47.4 Å². The molecule has 4 nitrogen and oxygen atoms in total. The van der Waals surface area contributed by atoms with Crippen LogP contribution < -0.4 is 4.72 Å². The van der Waals surface area contributed by atoms with Crippen LogP contribution >= 0.6 is 0 Å². The predicted molar refractivity (Wildman–Crippen MR) is 89.7 cm³/mol. The summed E-state index contributed by atoms with van der Waals surface area (Å²) < 4.78 is 73.5. The first-order valence-corrected chi connectivity index (χ1v) is 9.59. The Balaban J connectivity index is 1.90. The molecule has 1 N–H and O–H groups in total. The van der Waals surface area contributed by atoms with E-state index in [0.29, 0.717) is 37.7 Å². The second kappa shape index (κ2) is 7.38. The minimum atomic E-state index is -4.27. The molecule has 140 valence electrons. The van der Waals surface area contributed by atoms with Gasteiger partial charge in [-0.25, -0.2) is 26.3 Å². The first kappa shape index (κ1) is 18.9. The molecule has 2 aromatic carbocycles. The van der Waals surface area contributed by atoms with Crippen molar-refractivity contribution in [3.63, 3.8) is 0 Å². The van der Waals surface area contributed by atoms with Crippen molar-refractivity contribution >= 4 is 10.0 Å². The first-order valence-electron chi connectivity index (χ1n) is 8.11. The first-order chi connectivity index (χ1) is 12.3. The van der Waals surface area contributed by atoms with Gasteiger partial charge in [0.2, 0.25) is 10.0 Å². The maximum atomic E-state index is 13.8. The Hall–Kier alpha value is -1.90. The smallest absolute Gasteiger partial charge is 0.243 e. The van der Waals surface area contributed by atoms with Gasteiger partial charge in [0.05, 0.1) is 0 Å². The van der Waals surface area contributed by atoms with Crippen molar-refractivity contribution in [2.45, 2.75) is 23.2 Å². The molecule has 0 aromatic heterocycles. The van der Waals surface area contributed by atoms with E-state index in [1.807, 2.05) is 0 Å². The molecule has 1 saturated heterocycles. The lowest BCUT2D eigenvalue weighted by Gasteiger charge is -2.37. The molecule has 2 aromatic rings. The van der Waals surface area contributed by atoms with Crippen LogP contribution in [-0.2, 0) is 20.2 Å². The fourth-order valence-electron chi connectivity index (χ4n) is 3.14. The summed E-state index contributed by atoms with van der Waals surface area (Å²) in [7, 11) is -4.27. The van der Waals surface area contributed by atoms with E-state index in [0.717, 1.165) is 12.1 Å². The van der Waals surface area contributed by atoms with Gasteiger partial charge < -0.3 is 4.74 Å². The fraction of sp³-hybridized carbons (Fsp3) is 0.333. The number of hydrogen-bond acceptors (Lipinski definition) is 3. The summed E-state index contributed by atoms with van der Waals surface area (Å²) in [5.74, 6) is -2.31. The molecule has 3 rings (SSSR count). The predicted octanol–water partition coefficient (Wildman–Crippen LogP) is 3.13. The monoisotopic (exact) mass is 385 g/mol. The van der Waals surface area contributed by atoms with Crippen molar-refractivity contribution in [2.75, 3.05) is 19.8 Å². The highest BCUT2D eigenvalue weighted by Gasteiger charge is 2.36. The minimum absolute atomic E-state index is 0.0713. The van der Waals surface area contributed by atoms with E-state index in [9.17, 15) is 21.6 Å². The minimum Gasteiger partial charge on any atom is -0.381 e. The van der Waals surface area contributed by atoms with Crippen molar-refractivity contribution in [3.8, 4) is 0 Å². The van der Waals surface area contributed by atoms with E-state index in [1.165, 1.54) is 12.1 Å². The Morgan fingerprint density at radius 3 is 2.38 bits per heavy atom. The Kier molecular flexibility index (Phi) is 5.36. The molecule has 0 spiro atoms. The normalized spacial score (nSPS) is 17.2. The van der Waals surface area contributed by atoms with Crippen molar-refractivity contribution in [2.24, 2.45) is 0 Å². The van der Waals surface area contributed by atoms with Crippen LogP contribution in [0.5, 0.6) is 0 Å². The average Bonchev–Trinajstić information content (AvgIpc) is 2.63. The standard InChI is InChI=1S/C18H18F3NO3S/c19-14-3-1-2-13(10-14)18(6-8-25-9-7-18)12-22-26(23,24)17-11-15(20)4-5-16(17)21/h1-5,10-11,22H,6-9,12H2. The van der Waals surface area contributed by atoms with Crippen LogP contribution in [0.1, 0.15) is 18.4 Å². The van der Waals surface area contributed by atoms with E-state index < -0.39 is 37.8 Å². The number of halogens is 3. The summed E-state index contributed by atoms with van der Waals surface area (Å²) in [5.41, 5.74) is -0.0414. The lowest BCUT2D eigenvalue weighted by molar-refractivity contribution is 0.0516.